The van der Waals surface area contributed by atoms with Gasteiger partial charge in [0.1, 0.15) is 5.75 Å². The van der Waals surface area contributed by atoms with Crippen molar-refractivity contribution in [2.24, 2.45) is 0 Å². The van der Waals surface area contributed by atoms with E-state index < -0.39 is 18.1 Å². The molecule has 1 amide bonds. The number of rotatable bonds is 7. The van der Waals surface area contributed by atoms with Gasteiger partial charge in [-0.05, 0) is 35.9 Å². The van der Waals surface area contributed by atoms with Gasteiger partial charge in [0, 0.05) is 37.0 Å². The summed E-state index contributed by atoms with van der Waals surface area (Å²) in [6.07, 6.45) is 0.161. The topological polar surface area (TPSA) is 98.3 Å². The van der Waals surface area contributed by atoms with Gasteiger partial charge in [0.2, 0.25) is 0 Å². The maximum absolute atomic E-state index is 13.3. The minimum Gasteiger partial charge on any atom is -0.406 e. The number of alkyl halides is 3. The Hall–Kier alpha value is -4.26. The van der Waals surface area contributed by atoms with Crippen LogP contribution in [0.2, 0.25) is 0 Å². The summed E-state index contributed by atoms with van der Waals surface area (Å²) < 4.78 is 58.1. The molecule has 1 aliphatic heterocycles. The number of fused-ring (bicyclic) bond motifs is 1. The molecule has 4 aromatic rings. The minimum atomic E-state index is -4.82. The molecule has 1 N–H and O–H groups in total. The highest BCUT2D eigenvalue weighted by atomic mass is 19.4. The first-order chi connectivity index (χ1) is 17.6. The second-order valence-corrected chi connectivity index (χ2v) is 8.42. The molecule has 0 bridgehead atoms. The number of aliphatic hydroxyl groups excluding tert-OH is 1. The van der Waals surface area contributed by atoms with Crippen molar-refractivity contribution in [3.8, 4) is 22.6 Å². The van der Waals surface area contributed by atoms with Crippen molar-refractivity contribution < 1.29 is 32.2 Å². The molecular weight excluding hydrogens is 496 g/mol. The number of aliphatic hydroxyl groups is 1. The van der Waals surface area contributed by atoms with Gasteiger partial charge in [0.15, 0.2) is 11.5 Å². The predicted octanol–water partition coefficient (Wildman–Crippen LogP) is 3.58. The molecule has 0 aliphatic carbocycles. The van der Waals surface area contributed by atoms with E-state index in [1.54, 1.807) is 29.3 Å². The van der Waals surface area contributed by atoms with E-state index in [0.717, 1.165) is 11.1 Å². The first-order valence-electron chi connectivity index (χ1n) is 11.2. The zero-order valence-electron chi connectivity index (χ0n) is 19.2. The number of nitrogens with zero attached hydrogens (tertiary/aromatic N) is 6. The number of likely N-dealkylation sites (tertiary alicyclic amines) is 1. The van der Waals surface area contributed by atoms with Gasteiger partial charge >= 0.3 is 6.36 Å². The highest BCUT2D eigenvalue weighted by Crippen LogP contribution is 2.38. The lowest BCUT2D eigenvalue weighted by Gasteiger charge is -2.38. The van der Waals surface area contributed by atoms with E-state index in [2.05, 4.69) is 21.4 Å². The van der Waals surface area contributed by atoms with Crippen LogP contribution in [0.4, 0.5) is 17.6 Å². The summed E-state index contributed by atoms with van der Waals surface area (Å²) in [5, 5.41) is 18.9. The Bertz CT molecular complexity index is 1470. The number of aromatic nitrogens is 5. The molecule has 37 heavy (non-hydrogen) atoms. The lowest BCUT2D eigenvalue weighted by Crippen LogP contribution is -2.48. The van der Waals surface area contributed by atoms with Gasteiger partial charge in [0.25, 0.3) is 5.91 Å². The summed E-state index contributed by atoms with van der Waals surface area (Å²) >= 11 is 0. The van der Waals surface area contributed by atoms with Crippen LogP contribution in [0.1, 0.15) is 11.6 Å². The fraction of sp³-hybridized carbons (Fsp3) is 0.250. The summed E-state index contributed by atoms with van der Waals surface area (Å²) in [7, 11) is 0. The van der Waals surface area contributed by atoms with E-state index in [1.807, 2.05) is 0 Å². The smallest absolute Gasteiger partial charge is 0.406 e. The van der Waals surface area contributed by atoms with Crippen LogP contribution in [0.15, 0.2) is 61.3 Å². The number of hydrogen-bond donors (Lipinski definition) is 1. The average molecular weight is 516 g/mol. The SMILES string of the molecule is C=C(F)C(=O)N1CC(c2nn(-c3ccc(OC(F)(F)F)cc3)c3nccc(-c4cnn(CCO)c4)c23)C1. The van der Waals surface area contributed by atoms with Crippen LogP contribution in [-0.2, 0) is 11.3 Å². The molecule has 0 atom stereocenters. The molecule has 3 aromatic heterocycles. The number of carbonyl (C=O) groups excluding carboxylic acids is 1. The fourth-order valence-electron chi connectivity index (χ4n) is 4.28. The van der Waals surface area contributed by atoms with Gasteiger partial charge < -0.3 is 14.7 Å². The van der Waals surface area contributed by atoms with E-state index in [4.69, 9.17) is 5.10 Å². The number of ether oxygens (including phenoxy) is 1. The molecule has 1 aliphatic rings. The molecule has 1 aromatic carbocycles. The molecule has 0 radical (unpaired) electrons. The molecule has 0 unspecified atom stereocenters. The van der Waals surface area contributed by atoms with Crippen LogP contribution in [-0.4, -0.2) is 66.5 Å². The monoisotopic (exact) mass is 516 g/mol. The number of halogens is 4. The number of carbonyl (C=O) groups is 1. The normalized spacial score (nSPS) is 14.1. The van der Waals surface area contributed by atoms with E-state index in [0.29, 0.717) is 29.0 Å². The highest BCUT2D eigenvalue weighted by Gasteiger charge is 2.37. The maximum atomic E-state index is 13.3. The third kappa shape index (κ3) is 4.77. The Morgan fingerprint density at radius 1 is 1.19 bits per heavy atom. The first-order valence-corrected chi connectivity index (χ1v) is 11.2. The second kappa shape index (κ2) is 9.32. The molecule has 13 heteroatoms. The quantitative estimate of drug-likeness (QED) is 0.298. The van der Waals surface area contributed by atoms with Gasteiger partial charge in [-0.15, -0.1) is 13.2 Å². The van der Waals surface area contributed by atoms with E-state index in [1.165, 1.54) is 33.8 Å². The molecule has 1 fully saturated rings. The van der Waals surface area contributed by atoms with Gasteiger partial charge in [-0.2, -0.15) is 10.2 Å². The molecule has 192 valence electrons. The van der Waals surface area contributed by atoms with Crippen molar-refractivity contribution in [1.82, 2.24) is 29.4 Å². The Morgan fingerprint density at radius 3 is 2.57 bits per heavy atom. The Kier molecular flexibility index (Phi) is 6.15. The largest absolute Gasteiger partial charge is 0.573 e. The van der Waals surface area contributed by atoms with Gasteiger partial charge in [-0.1, -0.05) is 6.58 Å². The Balaban J connectivity index is 1.59. The predicted molar refractivity (Wildman–Crippen MR) is 123 cm³/mol. The standard InChI is InChI=1S/C24H20F4N6O3/c1-14(25)23(36)32-11-16(12-32)21-20-19(15-10-30-33(13-15)8-9-35)6-7-29-22(20)34(31-21)17-2-4-18(5-3-17)37-24(26,27)28/h2-7,10,13,16,35H,1,8-9,11-12H2. The lowest BCUT2D eigenvalue weighted by atomic mass is 9.92. The van der Waals surface area contributed by atoms with Crippen molar-refractivity contribution in [3.63, 3.8) is 0 Å². The number of amides is 1. The summed E-state index contributed by atoms with van der Waals surface area (Å²) in [6, 6.07) is 6.98. The summed E-state index contributed by atoms with van der Waals surface area (Å²) in [4.78, 5) is 17.8. The van der Waals surface area contributed by atoms with Crippen molar-refractivity contribution in [1.29, 1.82) is 0 Å². The zero-order chi connectivity index (χ0) is 26.3. The molecular formula is C24H20F4N6O3. The Labute approximate surface area is 207 Å². The van der Waals surface area contributed by atoms with Crippen molar-refractivity contribution >= 4 is 16.9 Å². The minimum absolute atomic E-state index is 0.0874. The highest BCUT2D eigenvalue weighted by molar-refractivity contribution is 5.96. The van der Waals surface area contributed by atoms with E-state index >= 15 is 0 Å². The van der Waals surface area contributed by atoms with Crippen LogP contribution in [0, 0.1) is 0 Å². The molecule has 0 spiro atoms. The molecule has 0 saturated carbocycles. The van der Waals surface area contributed by atoms with Crippen LogP contribution in [0.5, 0.6) is 5.75 Å². The second-order valence-electron chi connectivity index (χ2n) is 8.42. The molecule has 9 nitrogen and oxygen atoms in total. The van der Waals surface area contributed by atoms with E-state index in [-0.39, 0.29) is 31.4 Å². The van der Waals surface area contributed by atoms with Crippen LogP contribution >= 0.6 is 0 Å². The summed E-state index contributed by atoms with van der Waals surface area (Å²) in [5.41, 5.74) is 2.95. The zero-order valence-corrected chi connectivity index (χ0v) is 19.2. The fourth-order valence-corrected chi connectivity index (χ4v) is 4.28. The van der Waals surface area contributed by atoms with Crippen LogP contribution in [0.25, 0.3) is 27.8 Å². The van der Waals surface area contributed by atoms with Crippen LogP contribution < -0.4 is 4.74 Å². The van der Waals surface area contributed by atoms with Crippen LogP contribution in [0.3, 0.4) is 0 Å². The first kappa shape index (κ1) is 24.4. The van der Waals surface area contributed by atoms with Gasteiger partial charge in [0.05, 0.1) is 36.1 Å². The van der Waals surface area contributed by atoms with Crippen molar-refractivity contribution in [2.75, 3.05) is 19.7 Å². The third-order valence-corrected chi connectivity index (χ3v) is 5.97. The summed E-state index contributed by atoms with van der Waals surface area (Å²) in [5.74, 6) is -2.45. The maximum Gasteiger partial charge on any atom is 0.573 e. The molecule has 4 heterocycles. The average Bonchev–Trinajstić information content (AvgIpc) is 3.43. The van der Waals surface area contributed by atoms with Crippen molar-refractivity contribution in [3.05, 3.63) is 67.0 Å². The van der Waals surface area contributed by atoms with Crippen molar-refractivity contribution in [2.45, 2.75) is 18.8 Å². The van der Waals surface area contributed by atoms with Gasteiger partial charge in [-0.25, -0.2) is 14.1 Å². The van der Waals surface area contributed by atoms with E-state index in [9.17, 15) is 27.5 Å². The van der Waals surface area contributed by atoms with Gasteiger partial charge in [-0.3, -0.25) is 9.48 Å². The summed E-state index contributed by atoms with van der Waals surface area (Å²) in [6.45, 7) is 3.70. The number of pyridine rings is 1. The number of hydrogen-bond acceptors (Lipinski definition) is 6. The third-order valence-electron chi connectivity index (χ3n) is 5.97. The number of benzene rings is 1. The molecule has 1 saturated heterocycles. The Morgan fingerprint density at radius 2 is 1.92 bits per heavy atom. The molecule has 5 rings (SSSR count). The lowest BCUT2D eigenvalue weighted by molar-refractivity contribution is -0.274.